The number of hydrogen-bond acceptors (Lipinski definition) is 9. The first-order valence-corrected chi connectivity index (χ1v) is 16.0. The maximum absolute atomic E-state index is 13.9. The molecule has 0 radical (unpaired) electrons. The number of halogens is 3. The molecule has 0 aliphatic carbocycles. The molecule has 6 rings (SSSR count). The van der Waals surface area contributed by atoms with Crippen LogP contribution in [0.2, 0.25) is 10.0 Å². The van der Waals surface area contributed by atoms with Gasteiger partial charge in [-0.25, -0.2) is 14.1 Å². The molecule has 0 saturated carbocycles. The number of pyridine rings is 2. The number of anilines is 3. The lowest BCUT2D eigenvalue weighted by Crippen LogP contribution is -2.46. The Hall–Kier alpha value is -4.50. The average Bonchev–Trinajstić information content (AvgIpc) is 3.55. The number of nitrogens with one attached hydrogen (secondary N) is 2. The molecule has 0 amide bonds. The Bertz CT molecular complexity index is 1940. The van der Waals surface area contributed by atoms with E-state index in [4.69, 9.17) is 27.9 Å². The van der Waals surface area contributed by atoms with Gasteiger partial charge in [-0.2, -0.15) is 5.26 Å². The van der Waals surface area contributed by atoms with E-state index in [2.05, 4.69) is 62.7 Å². The van der Waals surface area contributed by atoms with E-state index < -0.39 is 11.9 Å². The van der Waals surface area contributed by atoms with Crippen LogP contribution in [0.4, 0.5) is 21.5 Å². The van der Waals surface area contributed by atoms with Crippen molar-refractivity contribution in [2.45, 2.75) is 51.2 Å². The Kier molecular flexibility index (Phi) is 9.19. The summed E-state index contributed by atoms with van der Waals surface area (Å²) in [5, 5.41) is 26.8. The largest absolute Gasteiger partial charge is 0.481 e. The highest BCUT2D eigenvalue weighted by atomic mass is 35.5. The van der Waals surface area contributed by atoms with E-state index in [0.29, 0.717) is 44.6 Å². The zero-order valence-electron chi connectivity index (χ0n) is 26.4. The third-order valence-corrected chi connectivity index (χ3v) is 9.04. The molecule has 4 heterocycles. The van der Waals surface area contributed by atoms with Crippen LogP contribution in [-0.2, 0) is 0 Å². The van der Waals surface area contributed by atoms with Gasteiger partial charge in [0.1, 0.15) is 17.6 Å². The van der Waals surface area contributed by atoms with E-state index >= 15 is 0 Å². The number of ether oxygens (including phenoxy) is 1. The normalized spacial score (nSPS) is 14.9. The van der Waals surface area contributed by atoms with Crippen molar-refractivity contribution < 1.29 is 9.13 Å². The first-order chi connectivity index (χ1) is 22.5. The monoisotopic (exact) mass is 673 g/mol. The number of hydrogen-bond donors (Lipinski definition) is 2. The number of rotatable bonds is 8. The van der Waals surface area contributed by atoms with Crippen LogP contribution in [-0.4, -0.2) is 55.6 Å². The van der Waals surface area contributed by atoms with E-state index in [-0.39, 0.29) is 22.2 Å². The summed E-state index contributed by atoms with van der Waals surface area (Å²) in [5.74, 6) is -0.0552. The molecule has 3 aromatic heterocycles. The standard InChI is InChI=1S/C34H34Cl2FN9O/c1-34(2,3)45-11-9-24(10-12-45)46-19-29(43-44-46)32(20-5-8-30(47-4)39-17-20)42-23-13-25-31(41-22-6-7-28(37)26(35)14-22)21(16-38)18-40-33(25)27(36)15-23/h5-8,13-15,17-19,24,32,42H,9-12H2,1-4H3,(H,40,41)/t32-/m0/s1. The van der Waals surface area contributed by atoms with Crippen molar-refractivity contribution in [2.75, 3.05) is 30.8 Å². The molecular formula is C34H34Cl2FN9O. The predicted molar refractivity (Wildman–Crippen MR) is 182 cm³/mol. The molecule has 10 nitrogen and oxygen atoms in total. The van der Waals surface area contributed by atoms with Crippen molar-refractivity contribution in [3.05, 3.63) is 93.7 Å². The minimum atomic E-state index is -0.543. The molecule has 2 N–H and O–H groups in total. The molecule has 1 saturated heterocycles. The fourth-order valence-corrected chi connectivity index (χ4v) is 6.31. The molecule has 0 spiro atoms. The number of nitrogens with zero attached hydrogens (tertiary/aromatic N) is 7. The average molecular weight is 675 g/mol. The number of likely N-dealkylation sites (tertiary alicyclic amines) is 1. The van der Waals surface area contributed by atoms with Gasteiger partial charge in [0.2, 0.25) is 5.88 Å². The van der Waals surface area contributed by atoms with Crippen LogP contribution in [0, 0.1) is 17.1 Å². The maximum atomic E-state index is 13.9. The highest BCUT2D eigenvalue weighted by molar-refractivity contribution is 6.36. The van der Waals surface area contributed by atoms with E-state index in [0.717, 1.165) is 31.5 Å². The van der Waals surface area contributed by atoms with Gasteiger partial charge in [-0.3, -0.25) is 9.88 Å². The Morgan fingerprint density at radius 3 is 2.45 bits per heavy atom. The van der Waals surface area contributed by atoms with Crippen molar-refractivity contribution in [3.8, 4) is 11.9 Å². The minimum absolute atomic E-state index is 0.0454. The highest BCUT2D eigenvalue weighted by Gasteiger charge is 2.29. The van der Waals surface area contributed by atoms with Crippen LogP contribution in [0.1, 0.15) is 62.5 Å². The molecule has 13 heteroatoms. The maximum Gasteiger partial charge on any atom is 0.212 e. The Labute approximate surface area is 282 Å². The molecule has 1 atom stereocenters. The van der Waals surface area contributed by atoms with E-state index in [1.54, 1.807) is 31.5 Å². The Morgan fingerprint density at radius 2 is 1.79 bits per heavy atom. The van der Waals surface area contributed by atoms with E-state index in [1.165, 1.54) is 18.3 Å². The summed E-state index contributed by atoms with van der Waals surface area (Å²) in [7, 11) is 1.57. The molecule has 1 aliphatic rings. The molecule has 5 aromatic rings. The highest BCUT2D eigenvalue weighted by Crippen LogP contribution is 2.37. The van der Waals surface area contributed by atoms with Crippen LogP contribution >= 0.6 is 23.2 Å². The molecule has 1 fully saturated rings. The molecule has 2 aromatic carbocycles. The van der Waals surface area contributed by atoms with Crippen LogP contribution in [0.3, 0.4) is 0 Å². The Balaban J connectivity index is 1.36. The first kappa shape index (κ1) is 32.4. The molecule has 0 bridgehead atoms. The predicted octanol–water partition coefficient (Wildman–Crippen LogP) is 7.93. The quantitative estimate of drug-likeness (QED) is 0.169. The van der Waals surface area contributed by atoms with Crippen molar-refractivity contribution in [2.24, 2.45) is 0 Å². The Morgan fingerprint density at radius 1 is 1.02 bits per heavy atom. The number of fused-ring (bicyclic) bond motifs is 1. The van der Waals surface area contributed by atoms with Gasteiger partial charge in [0, 0.05) is 53.8 Å². The fourth-order valence-electron chi connectivity index (χ4n) is 5.86. The second-order valence-electron chi connectivity index (χ2n) is 12.5. The topological polar surface area (TPSA) is 117 Å². The van der Waals surface area contributed by atoms with Gasteiger partial charge in [0.25, 0.3) is 0 Å². The SMILES string of the molecule is COc1ccc([C@H](Nc2cc(Cl)c3ncc(C#N)c(Nc4ccc(F)c(Cl)c4)c3c2)c2cn(C3CCN(C(C)(C)C)CC3)nn2)cn1. The van der Waals surface area contributed by atoms with Gasteiger partial charge >= 0.3 is 0 Å². The van der Waals surface area contributed by atoms with Gasteiger partial charge in [0.15, 0.2) is 0 Å². The van der Waals surface area contributed by atoms with Crippen molar-refractivity contribution in [1.82, 2.24) is 29.9 Å². The molecule has 242 valence electrons. The third-order valence-electron chi connectivity index (χ3n) is 8.46. The molecular weight excluding hydrogens is 640 g/mol. The first-order valence-electron chi connectivity index (χ1n) is 15.2. The van der Waals surface area contributed by atoms with Gasteiger partial charge in [-0.05, 0) is 75.6 Å². The smallest absolute Gasteiger partial charge is 0.212 e. The van der Waals surface area contributed by atoms with Crippen LogP contribution in [0.5, 0.6) is 5.88 Å². The van der Waals surface area contributed by atoms with Crippen LogP contribution < -0.4 is 15.4 Å². The number of nitriles is 1. The summed E-state index contributed by atoms with van der Waals surface area (Å²) in [6, 6.07) is 13.6. The lowest BCUT2D eigenvalue weighted by Gasteiger charge is -2.40. The minimum Gasteiger partial charge on any atom is -0.481 e. The zero-order valence-corrected chi connectivity index (χ0v) is 27.9. The van der Waals surface area contributed by atoms with Crippen LogP contribution in [0.15, 0.2) is 61.1 Å². The van der Waals surface area contributed by atoms with Gasteiger partial charge in [-0.1, -0.05) is 28.4 Å². The summed E-state index contributed by atoms with van der Waals surface area (Å²) in [4.78, 5) is 11.4. The van der Waals surface area contributed by atoms with Crippen molar-refractivity contribution in [3.63, 3.8) is 0 Å². The zero-order chi connectivity index (χ0) is 33.3. The summed E-state index contributed by atoms with van der Waals surface area (Å²) in [6.45, 7) is 8.71. The van der Waals surface area contributed by atoms with Crippen LogP contribution in [0.25, 0.3) is 10.9 Å². The van der Waals surface area contributed by atoms with Gasteiger partial charge in [0.05, 0.1) is 52.2 Å². The number of piperidine rings is 1. The van der Waals surface area contributed by atoms with E-state index in [1.807, 2.05) is 23.0 Å². The van der Waals surface area contributed by atoms with E-state index in [9.17, 15) is 9.65 Å². The molecule has 1 aliphatic heterocycles. The molecule has 47 heavy (non-hydrogen) atoms. The third kappa shape index (κ3) is 6.95. The summed E-state index contributed by atoms with van der Waals surface area (Å²) in [6.07, 6.45) is 7.13. The molecule has 0 unspecified atom stereocenters. The summed E-state index contributed by atoms with van der Waals surface area (Å²) < 4.78 is 21.1. The van der Waals surface area contributed by atoms with Crippen molar-refractivity contribution in [1.29, 1.82) is 5.26 Å². The lowest BCUT2D eigenvalue weighted by atomic mass is 9.98. The lowest BCUT2D eigenvalue weighted by molar-refractivity contribution is 0.0866. The number of benzene rings is 2. The second-order valence-corrected chi connectivity index (χ2v) is 13.3. The summed E-state index contributed by atoms with van der Waals surface area (Å²) in [5.41, 5.74) is 4.04. The van der Waals surface area contributed by atoms with Gasteiger partial charge < -0.3 is 15.4 Å². The number of methoxy groups -OCH3 is 1. The summed E-state index contributed by atoms with van der Waals surface area (Å²) >= 11 is 12.8. The number of aromatic nitrogens is 5. The second kappa shape index (κ2) is 13.3. The van der Waals surface area contributed by atoms with Crippen molar-refractivity contribution >= 4 is 51.2 Å². The van der Waals surface area contributed by atoms with Gasteiger partial charge in [-0.15, -0.1) is 5.10 Å². The fraction of sp³-hybridized carbons (Fsp3) is 0.324.